The average molecular weight is 312 g/mol. The van der Waals surface area contributed by atoms with E-state index in [-0.39, 0.29) is 0 Å². The average Bonchev–Trinajstić information content (AvgIpc) is 2.50. The van der Waals surface area contributed by atoms with Crippen LogP contribution >= 0.6 is 0 Å². The first-order chi connectivity index (χ1) is 10.6. The molecule has 4 nitrogen and oxygen atoms in total. The number of ether oxygens (including phenoxy) is 2. The Hall–Kier alpha value is -0.420. The molecule has 1 N–H and O–H groups in total. The van der Waals surface area contributed by atoms with Crippen LogP contribution in [0.1, 0.15) is 40.5 Å². The number of hydrogen-bond donors (Lipinski definition) is 1. The lowest BCUT2D eigenvalue weighted by Crippen LogP contribution is -2.47. The fourth-order valence-corrected chi connectivity index (χ4v) is 2.53. The van der Waals surface area contributed by atoms with Gasteiger partial charge in [0, 0.05) is 32.8 Å². The highest BCUT2D eigenvalue weighted by molar-refractivity contribution is 4.94. The van der Waals surface area contributed by atoms with Crippen molar-refractivity contribution in [2.75, 3.05) is 52.5 Å². The Labute approximate surface area is 137 Å². The van der Waals surface area contributed by atoms with Gasteiger partial charge in [0.15, 0.2) is 0 Å². The molecule has 0 aliphatic carbocycles. The second-order valence-electron chi connectivity index (χ2n) is 6.70. The van der Waals surface area contributed by atoms with Gasteiger partial charge in [-0.3, -0.25) is 4.90 Å². The lowest BCUT2D eigenvalue weighted by molar-refractivity contribution is -0.0350. The predicted octanol–water partition coefficient (Wildman–Crippen LogP) is 2.70. The summed E-state index contributed by atoms with van der Waals surface area (Å²) in [6.45, 7) is 16.4. The van der Waals surface area contributed by atoms with Crippen molar-refractivity contribution in [3.8, 4) is 0 Å². The third-order valence-electron chi connectivity index (χ3n) is 4.05. The molecule has 1 unspecified atom stereocenters. The van der Waals surface area contributed by atoms with Crippen molar-refractivity contribution in [2.45, 2.75) is 46.6 Å². The smallest absolute Gasteiger partial charge is 0.0826 e. The van der Waals surface area contributed by atoms with Crippen molar-refractivity contribution >= 4 is 0 Å². The highest BCUT2D eigenvalue weighted by atomic mass is 16.5. The number of hydrogen-bond acceptors (Lipinski definition) is 4. The van der Waals surface area contributed by atoms with E-state index < -0.39 is 0 Å². The van der Waals surface area contributed by atoms with E-state index in [1.54, 1.807) is 0 Å². The van der Waals surface area contributed by atoms with E-state index >= 15 is 0 Å². The summed E-state index contributed by atoms with van der Waals surface area (Å²) in [7, 11) is 0. The molecule has 0 saturated carbocycles. The van der Waals surface area contributed by atoms with E-state index in [0.29, 0.717) is 12.0 Å². The predicted molar refractivity (Wildman–Crippen MR) is 93.4 cm³/mol. The standard InChI is InChI=1S/C18H36N2O2/c1-5-17(4)7-6-10-21-11-8-20-9-12-22-18(15-20)14-19-13-16(2)3/h5,16,18-19H,6-15H2,1-4H3. The number of morpholine rings is 1. The topological polar surface area (TPSA) is 33.7 Å². The zero-order valence-corrected chi connectivity index (χ0v) is 15.1. The van der Waals surface area contributed by atoms with Gasteiger partial charge < -0.3 is 14.8 Å². The second kappa shape index (κ2) is 12.1. The van der Waals surface area contributed by atoms with Crippen molar-refractivity contribution in [1.82, 2.24) is 10.2 Å². The normalized spacial score (nSPS) is 20.8. The number of rotatable bonds is 11. The van der Waals surface area contributed by atoms with Crippen molar-refractivity contribution in [3.63, 3.8) is 0 Å². The molecule has 0 aromatic rings. The summed E-state index contributed by atoms with van der Waals surface area (Å²) in [5.74, 6) is 0.694. The van der Waals surface area contributed by atoms with Crippen LogP contribution in [-0.4, -0.2) is 63.5 Å². The molecule has 0 aromatic heterocycles. The van der Waals surface area contributed by atoms with Crippen molar-refractivity contribution in [1.29, 1.82) is 0 Å². The Balaban J connectivity index is 2.03. The minimum Gasteiger partial charge on any atom is -0.380 e. The minimum absolute atomic E-state index is 0.324. The molecule has 1 heterocycles. The Morgan fingerprint density at radius 2 is 2.23 bits per heavy atom. The van der Waals surface area contributed by atoms with Gasteiger partial charge in [-0.05, 0) is 39.2 Å². The summed E-state index contributed by atoms with van der Waals surface area (Å²) in [6.07, 6.45) is 4.78. The van der Waals surface area contributed by atoms with Crippen LogP contribution in [0.2, 0.25) is 0 Å². The van der Waals surface area contributed by atoms with Gasteiger partial charge in [0.05, 0.1) is 19.3 Å². The molecule has 1 saturated heterocycles. The van der Waals surface area contributed by atoms with Gasteiger partial charge in [0.2, 0.25) is 0 Å². The molecule has 4 heteroatoms. The Kier molecular flexibility index (Phi) is 10.8. The third kappa shape index (κ3) is 9.57. The lowest BCUT2D eigenvalue weighted by atomic mass is 10.2. The molecular formula is C18H36N2O2. The summed E-state index contributed by atoms with van der Waals surface area (Å²) >= 11 is 0. The van der Waals surface area contributed by atoms with E-state index in [1.165, 1.54) is 5.57 Å². The van der Waals surface area contributed by atoms with Gasteiger partial charge in [0.25, 0.3) is 0 Å². The number of nitrogens with one attached hydrogen (secondary N) is 1. The van der Waals surface area contributed by atoms with E-state index in [2.05, 4.69) is 44.0 Å². The maximum Gasteiger partial charge on any atom is 0.0826 e. The summed E-state index contributed by atoms with van der Waals surface area (Å²) in [5.41, 5.74) is 1.45. The van der Waals surface area contributed by atoms with Crippen LogP contribution in [0.25, 0.3) is 0 Å². The van der Waals surface area contributed by atoms with Crippen LogP contribution in [0.4, 0.5) is 0 Å². The second-order valence-corrected chi connectivity index (χ2v) is 6.70. The Morgan fingerprint density at radius 3 is 2.95 bits per heavy atom. The molecule has 0 aromatic carbocycles. The first-order valence-corrected chi connectivity index (χ1v) is 8.86. The van der Waals surface area contributed by atoms with Gasteiger partial charge in [-0.1, -0.05) is 25.5 Å². The molecular weight excluding hydrogens is 276 g/mol. The third-order valence-corrected chi connectivity index (χ3v) is 4.05. The molecule has 1 aliphatic heterocycles. The fraction of sp³-hybridized carbons (Fsp3) is 0.889. The molecule has 0 bridgehead atoms. The molecule has 1 aliphatic rings. The fourth-order valence-electron chi connectivity index (χ4n) is 2.53. The Morgan fingerprint density at radius 1 is 1.41 bits per heavy atom. The number of allylic oxidation sites excluding steroid dienone is 2. The largest absolute Gasteiger partial charge is 0.380 e. The molecule has 0 spiro atoms. The Bertz CT molecular complexity index is 305. The molecule has 1 rings (SSSR count). The van der Waals surface area contributed by atoms with E-state index in [9.17, 15) is 0 Å². The number of nitrogens with zero attached hydrogens (tertiary/aromatic N) is 1. The van der Waals surface area contributed by atoms with Gasteiger partial charge in [0.1, 0.15) is 0 Å². The molecule has 22 heavy (non-hydrogen) atoms. The highest BCUT2D eigenvalue weighted by Crippen LogP contribution is 2.06. The summed E-state index contributed by atoms with van der Waals surface area (Å²) in [6, 6.07) is 0. The maximum atomic E-state index is 5.82. The van der Waals surface area contributed by atoms with Crippen LogP contribution in [0.3, 0.4) is 0 Å². The van der Waals surface area contributed by atoms with Crippen molar-refractivity contribution in [2.24, 2.45) is 5.92 Å². The maximum absolute atomic E-state index is 5.82. The van der Waals surface area contributed by atoms with Crippen LogP contribution in [0.15, 0.2) is 11.6 Å². The minimum atomic E-state index is 0.324. The zero-order chi connectivity index (χ0) is 16.2. The monoisotopic (exact) mass is 312 g/mol. The highest BCUT2D eigenvalue weighted by Gasteiger charge is 2.19. The lowest BCUT2D eigenvalue weighted by Gasteiger charge is -2.33. The summed E-state index contributed by atoms with van der Waals surface area (Å²) < 4.78 is 11.6. The SMILES string of the molecule is CC=C(C)CCCOCCN1CCOC(CNCC(C)C)C1. The van der Waals surface area contributed by atoms with Crippen LogP contribution in [-0.2, 0) is 9.47 Å². The molecule has 0 amide bonds. The summed E-state index contributed by atoms with van der Waals surface area (Å²) in [5, 5.41) is 3.49. The van der Waals surface area contributed by atoms with E-state index in [1.807, 2.05) is 0 Å². The zero-order valence-electron chi connectivity index (χ0n) is 15.1. The first kappa shape index (κ1) is 19.6. The molecule has 0 radical (unpaired) electrons. The molecule has 1 atom stereocenters. The van der Waals surface area contributed by atoms with Gasteiger partial charge in [-0.25, -0.2) is 0 Å². The van der Waals surface area contributed by atoms with Crippen molar-refractivity contribution in [3.05, 3.63) is 11.6 Å². The van der Waals surface area contributed by atoms with Crippen LogP contribution in [0.5, 0.6) is 0 Å². The van der Waals surface area contributed by atoms with Crippen molar-refractivity contribution < 1.29 is 9.47 Å². The summed E-state index contributed by atoms with van der Waals surface area (Å²) in [4.78, 5) is 2.46. The molecule has 130 valence electrons. The van der Waals surface area contributed by atoms with Crippen LogP contribution in [0, 0.1) is 5.92 Å². The van der Waals surface area contributed by atoms with E-state index in [4.69, 9.17) is 9.47 Å². The van der Waals surface area contributed by atoms with Gasteiger partial charge >= 0.3 is 0 Å². The van der Waals surface area contributed by atoms with Gasteiger partial charge in [-0.15, -0.1) is 0 Å². The first-order valence-electron chi connectivity index (χ1n) is 8.86. The quantitative estimate of drug-likeness (QED) is 0.470. The van der Waals surface area contributed by atoms with Gasteiger partial charge in [-0.2, -0.15) is 0 Å². The molecule has 1 fully saturated rings. The van der Waals surface area contributed by atoms with Crippen LogP contribution < -0.4 is 5.32 Å². The van der Waals surface area contributed by atoms with E-state index in [0.717, 1.165) is 65.4 Å².